The SMILES string of the molecule is COC(=O)[C@@H](C)O[C@@H]1[C@@H](NC(C)=O)[C@@H](OCc2ccccc2)O[C@@H]2COC(C)(C)O[C@@H]12. The number of carbonyl (C=O) groups is 2. The molecule has 1 aromatic carbocycles. The average Bonchev–Trinajstić information content (AvgIpc) is 2.73. The number of rotatable bonds is 7. The summed E-state index contributed by atoms with van der Waals surface area (Å²) in [6.45, 7) is 7.08. The smallest absolute Gasteiger partial charge is 0.334 e. The Labute approximate surface area is 182 Å². The lowest BCUT2D eigenvalue weighted by atomic mass is 9.94. The zero-order chi connectivity index (χ0) is 22.6. The third-order valence-electron chi connectivity index (χ3n) is 5.18. The van der Waals surface area contributed by atoms with Gasteiger partial charge in [0, 0.05) is 6.92 Å². The highest BCUT2D eigenvalue weighted by Gasteiger charge is 2.53. The number of carbonyl (C=O) groups excluding carboxylic acids is 2. The number of fused-ring (bicyclic) bond motifs is 1. The van der Waals surface area contributed by atoms with Crippen LogP contribution in [0.15, 0.2) is 30.3 Å². The number of esters is 1. The molecule has 9 heteroatoms. The number of ether oxygens (including phenoxy) is 6. The molecule has 2 heterocycles. The Bertz CT molecular complexity index is 755. The molecule has 6 atom stereocenters. The minimum absolute atomic E-state index is 0.252. The van der Waals surface area contributed by atoms with Crippen LogP contribution < -0.4 is 5.32 Å². The van der Waals surface area contributed by atoms with Gasteiger partial charge in [-0.05, 0) is 26.3 Å². The van der Waals surface area contributed by atoms with E-state index in [4.69, 9.17) is 28.4 Å². The molecule has 31 heavy (non-hydrogen) atoms. The maximum absolute atomic E-state index is 12.0. The van der Waals surface area contributed by atoms with Gasteiger partial charge >= 0.3 is 5.97 Å². The van der Waals surface area contributed by atoms with Gasteiger partial charge in [-0.15, -0.1) is 0 Å². The molecule has 0 bridgehead atoms. The summed E-state index contributed by atoms with van der Waals surface area (Å²) >= 11 is 0. The van der Waals surface area contributed by atoms with Gasteiger partial charge in [0.25, 0.3) is 0 Å². The Kier molecular flexibility index (Phi) is 7.66. The quantitative estimate of drug-likeness (QED) is 0.641. The largest absolute Gasteiger partial charge is 0.467 e. The van der Waals surface area contributed by atoms with Crippen LogP contribution in [0.2, 0.25) is 0 Å². The van der Waals surface area contributed by atoms with E-state index in [1.807, 2.05) is 30.3 Å². The Morgan fingerprint density at radius 1 is 1.26 bits per heavy atom. The second-order valence-electron chi connectivity index (χ2n) is 8.13. The summed E-state index contributed by atoms with van der Waals surface area (Å²) in [6, 6.07) is 8.89. The van der Waals surface area contributed by atoms with Gasteiger partial charge in [0.05, 0.1) is 20.3 Å². The van der Waals surface area contributed by atoms with Gasteiger partial charge in [0.2, 0.25) is 5.91 Å². The highest BCUT2D eigenvalue weighted by atomic mass is 16.8. The summed E-state index contributed by atoms with van der Waals surface area (Å²) < 4.78 is 34.9. The van der Waals surface area contributed by atoms with Crippen molar-refractivity contribution in [1.29, 1.82) is 0 Å². The number of amides is 1. The maximum atomic E-state index is 12.0. The van der Waals surface area contributed by atoms with Gasteiger partial charge in [0.15, 0.2) is 18.2 Å². The standard InChI is InChI=1S/C22H31NO8/c1-13(20(25)26-5)29-19-17(23-14(2)24)21(27-11-15-9-7-6-8-10-15)30-16-12-28-22(3,4)31-18(16)19/h6-10,13,16-19,21H,11-12H2,1-5H3,(H,23,24)/t13-,16-,17-,18-,19-,21+/m1/s1. The van der Waals surface area contributed by atoms with Crippen molar-refractivity contribution >= 4 is 11.9 Å². The zero-order valence-corrected chi connectivity index (χ0v) is 18.5. The zero-order valence-electron chi connectivity index (χ0n) is 18.5. The molecule has 0 unspecified atom stereocenters. The van der Waals surface area contributed by atoms with Crippen molar-refractivity contribution in [3.8, 4) is 0 Å². The van der Waals surface area contributed by atoms with Crippen LogP contribution in [0.3, 0.4) is 0 Å². The van der Waals surface area contributed by atoms with Gasteiger partial charge in [-0.1, -0.05) is 30.3 Å². The van der Waals surface area contributed by atoms with Crippen molar-refractivity contribution < 1.29 is 38.0 Å². The van der Waals surface area contributed by atoms with Crippen LogP contribution in [-0.2, 0) is 44.6 Å². The summed E-state index contributed by atoms with van der Waals surface area (Å²) in [7, 11) is 1.29. The molecule has 2 aliphatic rings. The fraction of sp³-hybridized carbons (Fsp3) is 0.636. The molecule has 172 valence electrons. The molecule has 2 fully saturated rings. The molecular weight excluding hydrogens is 406 g/mol. The molecule has 0 radical (unpaired) electrons. The van der Waals surface area contributed by atoms with Gasteiger partial charge in [-0.25, -0.2) is 4.79 Å². The predicted molar refractivity (Wildman–Crippen MR) is 109 cm³/mol. The number of benzene rings is 1. The Hall–Kier alpha value is -2.04. The molecule has 2 aliphatic heterocycles. The van der Waals surface area contributed by atoms with Crippen molar-refractivity contribution in [2.75, 3.05) is 13.7 Å². The second kappa shape index (κ2) is 10.1. The van der Waals surface area contributed by atoms with Crippen LogP contribution in [0.25, 0.3) is 0 Å². The minimum atomic E-state index is -0.880. The monoisotopic (exact) mass is 437 g/mol. The number of hydrogen-bond acceptors (Lipinski definition) is 8. The first kappa shape index (κ1) is 23.6. The van der Waals surface area contributed by atoms with Crippen molar-refractivity contribution in [3.05, 3.63) is 35.9 Å². The summed E-state index contributed by atoms with van der Waals surface area (Å²) in [4.78, 5) is 24.0. The van der Waals surface area contributed by atoms with E-state index in [-0.39, 0.29) is 19.1 Å². The van der Waals surface area contributed by atoms with Crippen molar-refractivity contribution in [2.24, 2.45) is 0 Å². The molecule has 1 amide bonds. The van der Waals surface area contributed by atoms with E-state index in [9.17, 15) is 9.59 Å². The van der Waals surface area contributed by atoms with Crippen LogP contribution in [-0.4, -0.2) is 68.1 Å². The first-order valence-corrected chi connectivity index (χ1v) is 10.3. The topological polar surface area (TPSA) is 102 Å². The lowest BCUT2D eigenvalue weighted by Gasteiger charge is -2.51. The minimum Gasteiger partial charge on any atom is -0.467 e. The van der Waals surface area contributed by atoms with E-state index in [0.717, 1.165) is 5.56 Å². The summed E-state index contributed by atoms with van der Waals surface area (Å²) in [5, 5.41) is 2.85. The molecule has 2 saturated heterocycles. The highest BCUT2D eigenvalue weighted by molar-refractivity contribution is 5.74. The molecule has 1 N–H and O–H groups in total. The maximum Gasteiger partial charge on any atom is 0.334 e. The normalized spacial score (nSPS) is 30.7. The highest BCUT2D eigenvalue weighted by Crippen LogP contribution is 2.35. The second-order valence-corrected chi connectivity index (χ2v) is 8.13. The van der Waals surface area contributed by atoms with E-state index in [1.54, 1.807) is 20.8 Å². The Morgan fingerprint density at radius 3 is 2.61 bits per heavy atom. The lowest BCUT2D eigenvalue weighted by Crippen LogP contribution is -2.69. The van der Waals surface area contributed by atoms with Crippen LogP contribution in [0.1, 0.15) is 33.3 Å². The summed E-state index contributed by atoms with van der Waals surface area (Å²) in [6.07, 6.45) is -3.55. The number of hydrogen-bond donors (Lipinski definition) is 1. The predicted octanol–water partition coefficient (Wildman–Crippen LogP) is 1.53. The van der Waals surface area contributed by atoms with Gasteiger partial charge in [0.1, 0.15) is 24.4 Å². The fourth-order valence-corrected chi connectivity index (χ4v) is 3.73. The lowest BCUT2D eigenvalue weighted by molar-refractivity contribution is -0.374. The van der Waals surface area contributed by atoms with Crippen molar-refractivity contribution in [1.82, 2.24) is 5.32 Å². The van der Waals surface area contributed by atoms with Crippen molar-refractivity contribution in [2.45, 2.75) is 76.8 Å². The summed E-state index contributed by atoms with van der Waals surface area (Å²) in [5.74, 6) is -1.69. The van der Waals surface area contributed by atoms with E-state index < -0.39 is 48.5 Å². The number of methoxy groups -OCH3 is 1. The van der Waals surface area contributed by atoms with Gasteiger partial charge < -0.3 is 33.7 Å². The third kappa shape index (κ3) is 6.02. The molecule has 1 aromatic rings. The molecule has 9 nitrogen and oxygen atoms in total. The fourth-order valence-electron chi connectivity index (χ4n) is 3.73. The molecule has 3 rings (SSSR count). The van der Waals surface area contributed by atoms with Crippen LogP contribution in [0.4, 0.5) is 0 Å². The summed E-state index contributed by atoms with van der Waals surface area (Å²) in [5.41, 5.74) is 0.951. The van der Waals surface area contributed by atoms with E-state index >= 15 is 0 Å². The van der Waals surface area contributed by atoms with Crippen LogP contribution in [0, 0.1) is 0 Å². The Morgan fingerprint density at radius 2 is 1.97 bits per heavy atom. The average molecular weight is 437 g/mol. The molecule has 0 saturated carbocycles. The molecule has 0 aromatic heterocycles. The van der Waals surface area contributed by atoms with E-state index in [1.165, 1.54) is 14.0 Å². The first-order valence-electron chi connectivity index (χ1n) is 10.3. The first-order chi connectivity index (χ1) is 14.7. The van der Waals surface area contributed by atoms with Gasteiger partial charge in [-0.2, -0.15) is 0 Å². The molecule has 0 spiro atoms. The molecular formula is C22H31NO8. The molecule has 0 aliphatic carbocycles. The third-order valence-corrected chi connectivity index (χ3v) is 5.18. The van der Waals surface area contributed by atoms with Crippen LogP contribution >= 0.6 is 0 Å². The number of nitrogens with one attached hydrogen (secondary N) is 1. The van der Waals surface area contributed by atoms with Crippen molar-refractivity contribution in [3.63, 3.8) is 0 Å². The van der Waals surface area contributed by atoms with E-state index in [2.05, 4.69) is 5.32 Å². The van der Waals surface area contributed by atoms with E-state index in [0.29, 0.717) is 0 Å². The Balaban J connectivity index is 1.86. The van der Waals surface area contributed by atoms with Crippen LogP contribution in [0.5, 0.6) is 0 Å². The van der Waals surface area contributed by atoms with Gasteiger partial charge in [-0.3, -0.25) is 4.79 Å².